The van der Waals surface area contributed by atoms with Crippen LogP contribution in [0, 0.1) is 0 Å². The summed E-state index contributed by atoms with van der Waals surface area (Å²) in [6.07, 6.45) is 3.02. The molecule has 0 saturated heterocycles. The molecule has 4 rings (SSSR count). The molecule has 26 heavy (non-hydrogen) atoms. The fourth-order valence-electron chi connectivity index (χ4n) is 3.28. The molecule has 3 aromatic rings. The number of halogens is 1. The first-order chi connectivity index (χ1) is 12.3. The SMILES string of the molecule is CN=C(NCc1ccnc2ccccc12)NC1CC1c1ccccc1.I. The van der Waals surface area contributed by atoms with E-state index in [0.29, 0.717) is 12.0 Å². The predicted octanol–water partition coefficient (Wildman–Crippen LogP) is 4.07. The fraction of sp³-hybridized carbons (Fsp3) is 0.238. The minimum Gasteiger partial charge on any atom is -0.353 e. The molecular weight excluding hydrogens is 435 g/mol. The van der Waals surface area contributed by atoms with Gasteiger partial charge in [-0.15, -0.1) is 24.0 Å². The third-order valence-corrected chi connectivity index (χ3v) is 4.75. The van der Waals surface area contributed by atoms with Gasteiger partial charge in [-0.2, -0.15) is 0 Å². The highest BCUT2D eigenvalue weighted by molar-refractivity contribution is 14.0. The lowest BCUT2D eigenvalue weighted by Crippen LogP contribution is -2.38. The molecule has 1 heterocycles. The van der Waals surface area contributed by atoms with Gasteiger partial charge in [0.1, 0.15) is 0 Å². The number of pyridine rings is 1. The van der Waals surface area contributed by atoms with Gasteiger partial charge in [-0.3, -0.25) is 9.98 Å². The summed E-state index contributed by atoms with van der Waals surface area (Å²) in [6.45, 7) is 0.728. The largest absolute Gasteiger partial charge is 0.353 e. The minimum atomic E-state index is 0. The molecule has 0 bridgehead atoms. The molecule has 1 fully saturated rings. The monoisotopic (exact) mass is 458 g/mol. The molecular formula is C21H23IN4. The van der Waals surface area contributed by atoms with Crippen LogP contribution in [0.4, 0.5) is 0 Å². The Labute approximate surface area is 171 Å². The maximum Gasteiger partial charge on any atom is 0.191 e. The Morgan fingerprint density at radius 2 is 1.85 bits per heavy atom. The molecule has 5 heteroatoms. The molecule has 2 aromatic carbocycles. The number of hydrogen-bond donors (Lipinski definition) is 2. The van der Waals surface area contributed by atoms with Crippen molar-refractivity contribution in [2.75, 3.05) is 7.05 Å². The van der Waals surface area contributed by atoms with E-state index in [4.69, 9.17) is 0 Å². The van der Waals surface area contributed by atoms with Gasteiger partial charge in [0.25, 0.3) is 0 Å². The lowest BCUT2D eigenvalue weighted by molar-refractivity contribution is 0.791. The van der Waals surface area contributed by atoms with Crippen LogP contribution in [0.1, 0.15) is 23.5 Å². The third kappa shape index (κ3) is 4.15. The van der Waals surface area contributed by atoms with Crippen molar-refractivity contribution in [2.45, 2.75) is 24.9 Å². The summed E-state index contributed by atoms with van der Waals surface area (Å²) in [7, 11) is 1.82. The van der Waals surface area contributed by atoms with Crippen LogP contribution in [-0.2, 0) is 6.54 Å². The fourth-order valence-corrected chi connectivity index (χ4v) is 3.28. The lowest BCUT2D eigenvalue weighted by atomic mass is 10.1. The minimum absolute atomic E-state index is 0. The number of rotatable bonds is 4. The Hall–Kier alpha value is -2.15. The lowest BCUT2D eigenvalue weighted by Gasteiger charge is -2.13. The van der Waals surface area contributed by atoms with Crippen molar-refractivity contribution in [3.8, 4) is 0 Å². The van der Waals surface area contributed by atoms with Gasteiger partial charge in [0.05, 0.1) is 5.52 Å². The molecule has 1 saturated carbocycles. The molecule has 0 spiro atoms. The Balaban J connectivity index is 0.00000196. The molecule has 0 radical (unpaired) electrons. The summed E-state index contributed by atoms with van der Waals surface area (Å²) >= 11 is 0. The highest BCUT2D eigenvalue weighted by atomic mass is 127. The number of guanidine groups is 1. The summed E-state index contributed by atoms with van der Waals surface area (Å²) in [6, 6.07) is 21.4. The second-order valence-corrected chi connectivity index (χ2v) is 6.42. The second-order valence-electron chi connectivity index (χ2n) is 6.42. The maximum absolute atomic E-state index is 4.42. The zero-order valence-electron chi connectivity index (χ0n) is 14.7. The van der Waals surface area contributed by atoms with E-state index in [1.165, 1.54) is 16.5 Å². The van der Waals surface area contributed by atoms with Gasteiger partial charge in [-0.25, -0.2) is 0 Å². The number of para-hydroxylation sites is 1. The van der Waals surface area contributed by atoms with Crippen molar-refractivity contribution >= 4 is 40.8 Å². The molecule has 1 aliphatic rings. The molecule has 1 aromatic heterocycles. The van der Waals surface area contributed by atoms with Crippen LogP contribution in [0.3, 0.4) is 0 Å². The van der Waals surface area contributed by atoms with Crippen LogP contribution >= 0.6 is 24.0 Å². The Morgan fingerprint density at radius 1 is 1.08 bits per heavy atom. The van der Waals surface area contributed by atoms with Gasteiger partial charge < -0.3 is 10.6 Å². The van der Waals surface area contributed by atoms with E-state index in [1.54, 1.807) is 0 Å². The molecule has 0 aliphatic heterocycles. The molecule has 2 atom stereocenters. The number of hydrogen-bond acceptors (Lipinski definition) is 2. The summed E-state index contributed by atoms with van der Waals surface area (Å²) in [4.78, 5) is 8.79. The van der Waals surface area contributed by atoms with E-state index in [2.05, 4.69) is 69.1 Å². The summed E-state index contributed by atoms with van der Waals surface area (Å²) in [5, 5.41) is 8.15. The number of nitrogens with zero attached hydrogens (tertiary/aromatic N) is 2. The smallest absolute Gasteiger partial charge is 0.191 e. The third-order valence-electron chi connectivity index (χ3n) is 4.75. The van der Waals surface area contributed by atoms with Crippen molar-refractivity contribution in [3.63, 3.8) is 0 Å². The summed E-state index contributed by atoms with van der Waals surface area (Å²) < 4.78 is 0. The number of aromatic nitrogens is 1. The van der Waals surface area contributed by atoms with E-state index < -0.39 is 0 Å². The Morgan fingerprint density at radius 3 is 2.65 bits per heavy atom. The topological polar surface area (TPSA) is 49.3 Å². The first kappa shape index (κ1) is 18.6. The Kier molecular flexibility index (Phi) is 6.08. The van der Waals surface area contributed by atoms with Gasteiger partial charge in [0, 0.05) is 37.1 Å². The van der Waals surface area contributed by atoms with Gasteiger partial charge in [-0.05, 0) is 29.7 Å². The maximum atomic E-state index is 4.42. The highest BCUT2D eigenvalue weighted by Crippen LogP contribution is 2.40. The highest BCUT2D eigenvalue weighted by Gasteiger charge is 2.38. The van der Waals surface area contributed by atoms with E-state index in [-0.39, 0.29) is 24.0 Å². The predicted molar refractivity (Wildman–Crippen MR) is 118 cm³/mol. The van der Waals surface area contributed by atoms with Crippen molar-refractivity contribution < 1.29 is 0 Å². The zero-order valence-corrected chi connectivity index (χ0v) is 17.1. The van der Waals surface area contributed by atoms with Crippen LogP contribution in [0.5, 0.6) is 0 Å². The van der Waals surface area contributed by atoms with Crippen LogP contribution in [0.25, 0.3) is 10.9 Å². The van der Waals surface area contributed by atoms with Crippen LogP contribution in [0.15, 0.2) is 71.9 Å². The quantitative estimate of drug-likeness (QED) is 0.352. The Bertz CT molecular complexity index is 889. The van der Waals surface area contributed by atoms with Gasteiger partial charge in [-0.1, -0.05) is 48.5 Å². The van der Waals surface area contributed by atoms with E-state index in [9.17, 15) is 0 Å². The number of benzene rings is 2. The van der Waals surface area contributed by atoms with Crippen molar-refractivity contribution in [1.29, 1.82) is 0 Å². The van der Waals surface area contributed by atoms with Crippen molar-refractivity contribution in [1.82, 2.24) is 15.6 Å². The zero-order chi connectivity index (χ0) is 17.1. The van der Waals surface area contributed by atoms with Gasteiger partial charge in [0.15, 0.2) is 5.96 Å². The molecule has 4 nitrogen and oxygen atoms in total. The first-order valence-electron chi connectivity index (χ1n) is 8.70. The van der Waals surface area contributed by atoms with Crippen LogP contribution in [0.2, 0.25) is 0 Å². The average molecular weight is 458 g/mol. The van der Waals surface area contributed by atoms with E-state index in [1.807, 2.05) is 25.4 Å². The molecule has 2 unspecified atom stereocenters. The summed E-state index contributed by atoms with van der Waals surface area (Å²) in [5.74, 6) is 1.44. The van der Waals surface area contributed by atoms with Crippen molar-refractivity contribution in [3.05, 3.63) is 78.0 Å². The van der Waals surface area contributed by atoms with Gasteiger partial charge in [0.2, 0.25) is 0 Å². The molecule has 1 aliphatic carbocycles. The van der Waals surface area contributed by atoms with Gasteiger partial charge >= 0.3 is 0 Å². The van der Waals surface area contributed by atoms with E-state index >= 15 is 0 Å². The average Bonchev–Trinajstić information content (AvgIpc) is 3.45. The number of fused-ring (bicyclic) bond motifs is 1. The number of nitrogens with one attached hydrogen (secondary N) is 2. The van der Waals surface area contributed by atoms with Crippen molar-refractivity contribution in [2.24, 2.45) is 4.99 Å². The van der Waals surface area contributed by atoms with Crippen LogP contribution < -0.4 is 10.6 Å². The molecule has 0 amide bonds. The number of aliphatic imine (C=N–C) groups is 1. The first-order valence-corrected chi connectivity index (χ1v) is 8.70. The normalized spacial score (nSPS) is 18.9. The van der Waals surface area contributed by atoms with Crippen LogP contribution in [-0.4, -0.2) is 24.0 Å². The van der Waals surface area contributed by atoms with E-state index in [0.717, 1.165) is 24.4 Å². The second kappa shape index (κ2) is 8.49. The molecule has 134 valence electrons. The standard InChI is InChI=1S/C21H22N4.HI/c1-22-21(25-20-13-18(20)15-7-3-2-4-8-15)24-14-16-11-12-23-19-10-6-5-9-17(16)19;/h2-12,18,20H,13-14H2,1H3,(H2,22,24,25);1H. The molecule has 2 N–H and O–H groups in total. The summed E-state index contributed by atoms with van der Waals surface area (Å²) in [5.41, 5.74) is 3.65.